The highest BCUT2D eigenvalue weighted by atomic mass is 16.3. The minimum atomic E-state index is 0.639. The van der Waals surface area contributed by atoms with Crippen LogP contribution in [0.4, 0.5) is 0 Å². The van der Waals surface area contributed by atoms with Crippen LogP contribution in [0.1, 0.15) is 48.6 Å². The summed E-state index contributed by atoms with van der Waals surface area (Å²) in [6.07, 6.45) is 5.24. The molecule has 2 aromatic carbocycles. The SMILES string of the molecule is c1ccc2oc(-c3nc4ccccc4c4c3C3CCC4CC3)cc2c1. The third-order valence-corrected chi connectivity index (χ3v) is 6.17. The molecule has 3 aliphatic carbocycles. The molecule has 25 heavy (non-hydrogen) atoms. The van der Waals surface area contributed by atoms with Crippen molar-refractivity contribution in [2.75, 3.05) is 0 Å². The molecule has 2 bridgehead atoms. The van der Waals surface area contributed by atoms with Gasteiger partial charge in [0, 0.05) is 10.8 Å². The molecule has 122 valence electrons. The molecule has 0 atom stereocenters. The Kier molecular flexibility index (Phi) is 2.70. The van der Waals surface area contributed by atoms with E-state index in [0.717, 1.165) is 27.9 Å². The molecule has 0 unspecified atom stereocenters. The van der Waals surface area contributed by atoms with Crippen LogP contribution in [0.25, 0.3) is 33.3 Å². The fourth-order valence-electron chi connectivity index (χ4n) is 5.06. The van der Waals surface area contributed by atoms with Crippen molar-refractivity contribution in [1.29, 1.82) is 0 Å². The second-order valence-corrected chi connectivity index (χ2v) is 7.50. The average molecular weight is 325 g/mol. The summed E-state index contributed by atoms with van der Waals surface area (Å²) in [5.41, 5.74) is 6.16. The molecule has 0 amide bonds. The molecule has 2 heterocycles. The lowest BCUT2D eigenvalue weighted by molar-refractivity contribution is 0.360. The molecule has 0 aliphatic heterocycles. The average Bonchev–Trinajstić information content (AvgIpc) is 3.12. The van der Waals surface area contributed by atoms with Gasteiger partial charge in [0.1, 0.15) is 11.3 Å². The maximum absolute atomic E-state index is 6.21. The molecule has 2 aromatic heterocycles. The number of nitrogens with zero attached hydrogens (tertiary/aromatic N) is 1. The summed E-state index contributed by atoms with van der Waals surface area (Å²) in [5, 5.41) is 2.51. The summed E-state index contributed by atoms with van der Waals surface area (Å²) in [4.78, 5) is 5.08. The van der Waals surface area contributed by atoms with Crippen LogP contribution in [0, 0.1) is 0 Å². The first-order valence-electron chi connectivity index (χ1n) is 9.30. The Morgan fingerprint density at radius 1 is 0.800 bits per heavy atom. The van der Waals surface area contributed by atoms with Crippen LogP contribution >= 0.6 is 0 Å². The Labute approximate surface area is 146 Å². The Bertz CT molecular complexity index is 1080. The molecule has 7 rings (SSSR count). The first kappa shape index (κ1) is 13.7. The third-order valence-electron chi connectivity index (χ3n) is 6.17. The number of fused-ring (bicyclic) bond motifs is 4. The normalized spacial score (nSPS) is 21.8. The zero-order valence-electron chi connectivity index (χ0n) is 14.0. The second kappa shape index (κ2) is 4.95. The van der Waals surface area contributed by atoms with Gasteiger partial charge in [-0.2, -0.15) is 0 Å². The van der Waals surface area contributed by atoms with Gasteiger partial charge in [0.05, 0.1) is 5.52 Å². The zero-order valence-corrected chi connectivity index (χ0v) is 14.0. The first-order valence-corrected chi connectivity index (χ1v) is 9.30. The van der Waals surface area contributed by atoms with Crippen LogP contribution in [0.5, 0.6) is 0 Å². The first-order chi connectivity index (χ1) is 12.4. The number of para-hydroxylation sites is 2. The third kappa shape index (κ3) is 1.88. The molecule has 1 saturated carbocycles. The largest absolute Gasteiger partial charge is 0.454 e. The monoisotopic (exact) mass is 325 g/mol. The molecule has 0 radical (unpaired) electrons. The molecule has 3 aliphatic rings. The van der Waals surface area contributed by atoms with E-state index in [4.69, 9.17) is 9.40 Å². The lowest BCUT2D eigenvalue weighted by atomic mass is 9.65. The van der Waals surface area contributed by atoms with Gasteiger partial charge in [0.2, 0.25) is 0 Å². The van der Waals surface area contributed by atoms with E-state index in [-0.39, 0.29) is 0 Å². The number of aromatic nitrogens is 1. The molecule has 4 aromatic rings. The summed E-state index contributed by atoms with van der Waals surface area (Å²) >= 11 is 0. The topological polar surface area (TPSA) is 26.0 Å². The fourth-order valence-corrected chi connectivity index (χ4v) is 5.06. The van der Waals surface area contributed by atoms with Gasteiger partial charge in [0.25, 0.3) is 0 Å². The van der Waals surface area contributed by atoms with E-state index in [1.807, 2.05) is 12.1 Å². The van der Waals surface area contributed by atoms with Crippen molar-refractivity contribution in [1.82, 2.24) is 4.98 Å². The number of furan rings is 1. The van der Waals surface area contributed by atoms with Gasteiger partial charge in [-0.15, -0.1) is 0 Å². The lowest BCUT2D eigenvalue weighted by Gasteiger charge is -2.39. The highest BCUT2D eigenvalue weighted by molar-refractivity contribution is 5.90. The van der Waals surface area contributed by atoms with Gasteiger partial charge in [-0.3, -0.25) is 0 Å². The van der Waals surface area contributed by atoms with E-state index >= 15 is 0 Å². The van der Waals surface area contributed by atoms with E-state index in [1.54, 1.807) is 5.56 Å². The predicted octanol–water partition coefficient (Wildman–Crippen LogP) is 6.40. The van der Waals surface area contributed by atoms with Crippen molar-refractivity contribution >= 4 is 21.9 Å². The molecule has 0 saturated heterocycles. The van der Waals surface area contributed by atoms with Gasteiger partial charge in [-0.05, 0) is 66.8 Å². The Morgan fingerprint density at radius 3 is 2.36 bits per heavy atom. The predicted molar refractivity (Wildman–Crippen MR) is 101 cm³/mol. The minimum absolute atomic E-state index is 0.639. The number of pyridine rings is 1. The van der Waals surface area contributed by atoms with Crippen molar-refractivity contribution in [3.63, 3.8) is 0 Å². The Balaban J connectivity index is 1.71. The van der Waals surface area contributed by atoms with Crippen LogP contribution in [-0.4, -0.2) is 4.98 Å². The van der Waals surface area contributed by atoms with Gasteiger partial charge < -0.3 is 4.42 Å². The van der Waals surface area contributed by atoms with E-state index < -0.39 is 0 Å². The van der Waals surface area contributed by atoms with Crippen molar-refractivity contribution < 1.29 is 4.42 Å². The summed E-state index contributed by atoms with van der Waals surface area (Å²) < 4.78 is 6.21. The quantitative estimate of drug-likeness (QED) is 0.404. The maximum atomic E-state index is 6.21. The highest BCUT2D eigenvalue weighted by Gasteiger charge is 2.37. The number of hydrogen-bond acceptors (Lipinski definition) is 2. The van der Waals surface area contributed by atoms with Gasteiger partial charge >= 0.3 is 0 Å². The summed E-state index contributed by atoms with van der Waals surface area (Å²) in [5.74, 6) is 2.26. The van der Waals surface area contributed by atoms with Crippen LogP contribution in [-0.2, 0) is 0 Å². The van der Waals surface area contributed by atoms with E-state index in [2.05, 4.69) is 42.5 Å². The highest BCUT2D eigenvalue weighted by Crippen LogP contribution is 2.54. The molecular formula is C23H19NO. The number of benzene rings is 2. The van der Waals surface area contributed by atoms with Gasteiger partial charge in [-0.1, -0.05) is 36.4 Å². The maximum Gasteiger partial charge on any atom is 0.154 e. The second-order valence-electron chi connectivity index (χ2n) is 7.50. The Hall–Kier alpha value is -2.61. The van der Waals surface area contributed by atoms with Crippen molar-refractivity contribution in [2.24, 2.45) is 0 Å². The molecular weight excluding hydrogens is 306 g/mol. The zero-order chi connectivity index (χ0) is 16.4. The Morgan fingerprint density at radius 2 is 1.52 bits per heavy atom. The van der Waals surface area contributed by atoms with Crippen LogP contribution < -0.4 is 0 Å². The van der Waals surface area contributed by atoms with E-state index in [0.29, 0.717) is 11.8 Å². The summed E-state index contributed by atoms with van der Waals surface area (Å²) in [6.45, 7) is 0. The lowest BCUT2D eigenvalue weighted by Crippen LogP contribution is -2.23. The smallest absolute Gasteiger partial charge is 0.154 e. The molecule has 1 fully saturated rings. The summed E-state index contributed by atoms with van der Waals surface area (Å²) in [6, 6.07) is 19.0. The van der Waals surface area contributed by atoms with Crippen LogP contribution in [0.3, 0.4) is 0 Å². The minimum Gasteiger partial charge on any atom is -0.454 e. The van der Waals surface area contributed by atoms with E-state index in [9.17, 15) is 0 Å². The molecule has 0 N–H and O–H groups in total. The van der Waals surface area contributed by atoms with Crippen molar-refractivity contribution in [2.45, 2.75) is 37.5 Å². The van der Waals surface area contributed by atoms with Crippen molar-refractivity contribution in [3.8, 4) is 11.5 Å². The molecule has 2 heteroatoms. The molecule has 2 nitrogen and oxygen atoms in total. The van der Waals surface area contributed by atoms with Crippen molar-refractivity contribution in [3.05, 3.63) is 65.7 Å². The van der Waals surface area contributed by atoms with Crippen LogP contribution in [0.2, 0.25) is 0 Å². The van der Waals surface area contributed by atoms with Gasteiger partial charge in [-0.25, -0.2) is 4.98 Å². The summed E-state index contributed by atoms with van der Waals surface area (Å²) in [7, 11) is 0. The van der Waals surface area contributed by atoms with E-state index in [1.165, 1.54) is 36.6 Å². The van der Waals surface area contributed by atoms with Gasteiger partial charge in [0.15, 0.2) is 5.76 Å². The molecule has 0 spiro atoms. The fraction of sp³-hybridized carbons (Fsp3) is 0.261. The van der Waals surface area contributed by atoms with Crippen LogP contribution in [0.15, 0.2) is 59.0 Å². The number of rotatable bonds is 1. The standard InChI is InChI=1S/C23H19NO/c1-4-8-19-16(5-1)13-20(25-19)23-22-15-11-9-14(10-12-15)21(22)17-6-2-3-7-18(17)24-23/h1-8,13-15H,9-12H2. The number of hydrogen-bond donors (Lipinski definition) is 0.